The summed E-state index contributed by atoms with van der Waals surface area (Å²) >= 11 is 1.38. The van der Waals surface area contributed by atoms with Crippen LogP contribution < -0.4 is 0 Å². The van der Waals surface area contributed by atoms with Crippen molar-refractivity contribution >= 4 is 28.9 Å². The Hall–Kier alpha value is -2.27. The molecular formula is C17H16O4S. The number of hydrogen-bond acceptors (Lipinski definition) is 5. The Morgan fingerprint density at radius 3 is 2.41 bits per heavy atom. The summed E-state index contributed by atoms with van der Waals surface area (Å²) in [6.45, 7) is 0.0829. The summed E-state index contributed by atoms with van der Waals surface area (Å²) in [5.41, 5.74) is 0.830. The Morgan fingerprint density at radius 1 is 0.955 bits per heavy atom. The minimum absolute atomic E-state index is 0.000419. The molecule has 0 N–H and O–H groups in total. The van der Waals surface area contributed by atoms with Crippen LogP contribution in [-0.2, 0) is 20.9 Å². The van der Waals surface area contributed by atoms with Crippen molar-refractivity contribution in [3.05, 3.63) is 58.3 Å². The SMILES string of the molecule is O=C(CCCC(=O)c1cccs1)C(=O)OCc1ccccc1. The van der Waals surface area contributed by atoms with E-state index in [9.17, 15) is 14.4 Å². The molecule has 0 spiro atoms. The Bertz CT molecular complexity index is 632. The molecule has 0 saturated heterocycles. The number of rotatable bonds is 8. The van der Waals surface area contributed by atoms with Gasteiger partial charge in [-0.05, 0) is 23.4 Å². The Labute approximate surface area is 132 Å². The lowest BCUT2D eigenvalue weighted by atomic mass is 10.1. The zero-order chi connectivity index (χ0) is 15.8. The summed E-state index contributed by atoms with van der Waals surface area (Å²) in [4.78, 5) is 35.6. The molecule has 0 fully saturated rings. The van der Waals surface area contributed by atoms with Gasteiger partial charge < -0.3 is 4.74 Å². The number of carbonyl (C=O) groups excluding carboxylic acids is 3. The van der Waals surface area contributed by atoms with Gasteiger partial charge in [-0.2, -0.15) is 0 Å². The first-order valence-electron chi connectivity index (χ1n) is 6.97. The largest absolute Gasteiger partial charge is 0.455 e. The van der Waals surface area contributed by atoms with Crippen LogP contribution >= 0.6 is 11.3 Å². The molecule has 1 aromatic heterocycles. The molecule has 0 aliphatic carbocycles. The Kier molecular flexibility index (Phi) is 6.03. The maximum absolute atomic E-state index is 11.8. The first kappa shape index (κ1) is 16.1. The van der Waals surface area contributed by atoms with Crippen LogP contribution in [0.5, 0.6) is 0 Å². The fourth-order valence-electron chi connectivity index (χ4n) is 1.88. The van der Waals surface area contributed by atoms with E-state index in [1.165, 1.54) is 11.3 Å². The van der Waals surface area contributed by atoms with Crippen LogP contribution in [0.1, 0.15) is 34.5 Å². The van der Waals surface area contributed by atoms with E-state index in [1.807, 2.05) is 41.8 Å². The first-order chi connectivity index (χ1) is 10.7. The van der Waals surface area contributed by atoms with E-state index in [-0.39, 0.29) is 25.2 Å². The van der Waals surface area contributed by atoms with Gasteiger partial charge in [-0.1, -0.05) is 36.4 Å². The number of ether oxygens (including phenoxy) is 1. The fraction of sp³-hybridized carbons (Fsp3) is 0.235. The number of esters is 1. The van der Waals surface area contributed by atoms with Crippen molar-refractivity contribution in [2.45, 2.75) is 25.9 Å². The second-order valence-electron chi connectivity index (χ2n) is 4.74. The van der Waals surface area contributed by atoms with Crippen LogP contribution in [0.2, 0.25) is 0 Å². The maximum Gasteiger partial charge on any atom is 0.374 e. The quantitative estimate of drug-likeness (QED) is 0.425. The molecule has 1 aromatic carbocycles. The van der Waals surface area contributed by atoms with Crippen molar-refractivity contribution in [2.75, 3.05) is 0 Å². The fourth-order valence-corrected chi connectivity index (χ4v) is 2.57. The van der Waals surface area contributed by atoms with Gasteiger partial charge in [-0.25, -0.2) is 4.79 Å². The zero-order valence-electron chi connectivity index (χ0n) is 12.0. The number of ketones is 2. The minimum atomic E-state index is -0.840. The van der Waals surface area contributed by atoms with Crippen molar-refractivity contribution in [1.29, 1.82) is 0 Å². The molecule has 0 unspecified atom stereocenters. The van der Waals surface area contributed by atoms with E-state index < -0.39 is 11.8 Å². The number of carbonyl (C=O) groups is 3. The Morgan fingerprint density at radius 2 is 1.73 bits per heavy atom. The summed E-state index contributed by atoms with van der Waals surface area (Å²) in [6, 6.07) is 12.7. The highest BCUT2D eigenvalue weighted by molar-refractivity contribution is 7.12. The van der Waals surface area contributed by atoms with Gasteiger partial charge in [0, 0.05) is 12.8 Å². The molecule has 0 amide bonds. The van der Waals surface area contributed by atoms with E-state index in [4.69, 9.17) is 4.74 Å². The molecule has 114 valence electrons. The lowest BCUT2D eigenvalue weighted by molar-refractivity contribution is -0.154. The number of thiophene rings is 1. The van der Waals surface area contributed by atoms with Gasteiger partial charge in [0.25, 0.3) is 0 Å². The smallest absolute Gasteiger partial charge is 0.374 e. The van der Waals surface area contributed by atoms with Crippen molar-refractivity contribution in [3.63, 3.8) is 0 Å². The highest BCUT2D eigenvalue weighted by Crippen LogP contribution is 2.13. The molecule has 5 heteroatoms. The molecule has 22 heavy (non-hydrogen) atoms. The molecule has 0 aliphatic rings. The van der Waals surface area contributed by atoms with Crippen LogP contribution in [-0.4, -0.2) is 17.5 Å². The van der Waals surface area contributed by atoms with Crippen LogP contribution in [0.4, 0.5) is 0 Å². The second kappa shape index (κ2) is 8.24. The molecule has 0 bridgehead atoms. The van der Waals surface area contributed by atoms with Gasteiger partial charge in [-0.15, -0.1) is 11.3 Å². The molecule has 4 nitrogen and oxygen atoms in total. The van der Waals surface area contributed by atoms with Crippen LogP contribution in [0.3, 0.4) is 0 Å². The van der Waals surface area contributed by atoms with Crippen molar-refractivity contribution in [1.82, 2.24) is 0 Å². The number of benzene rings is 1. The van der Waals surface area contributed by atoms with Gasteiger partial charge >= 0.3 is 5.97 Å². The molecule has 2 rings (SSSR count). The topological polar surface area (TPSA) is 60.4 Å². The summed E-state index contributed by atoms with van der Waals surface area (Å²) in [5, 5.41) is 1.83. The van der Waals surface area contributed by atoms with E-state index >= 15 is 0 Å². The molecule has 1 heterocycles. The summed E-state index contributed by atoms with van der Waals surface area (Å²) in [5.74, 6) is -1.43. The molecular weight excluding hydrogens is 300 g/mol. The van der Waals surface area contributed by atoms with Crippen LogP contribution in [0, 0.1) is 0 Å². The maximum atomic E-state index is 11.8. The highest BCUT2D eigenvalue weighted by atomic mass is 32.1. The zero-order valence-corrected chi connectivity index (χ0v) is 12.8. The Balaban J connectivity index is 1.68. The predicted molar refractivity (Wildman–Crippen MR) is 83.7 cm³/mol. The van der Waals surface area contributed by atoms with Gasteiger partial charge in [0.1, 0.15) is 6.61 Å². The third-order valence-electron chi connectivity index (χ3n) is 3.04. The van der Waals surface area contributed by atoms with Crippen LogP contribution in [0.15, 0.2) is 47.8 Å². The normalized spacial score (nSPS) is 10.2. The molecule has 0 radical (unpaired) electrons. The second-order valence-corrected chi connectivity index (χ2v) is 5.69. The third-order valence-corrected chi connectivity index (χ3v) is 3.96. The van der Waals surface area contributed by atoms with E-state index in [0.29, 0.717) is 11.3 Å². The lowest BCUT2D eigenvalue weighted by Crippen LogP contribution is -2.17. The standard InChI is InChI=1S/C17H16O4S/c18-14(16-10-5-11-22-16)8-4-9-15(19)17(20)21-12-13-6-2-1-3-7-13/h1-3,5-7,10-11H,4,8-9,12H2. The van der Waals surface area contributed by atoms with Crippen molar-refractivity contribution < 1.29 is 19.1 Å². The van der Waals surface area contributed by atoms with E-state index in [0.717, 1.165) is 5.56 Å². The minimum Gasteiger partial charge on any atom is -0.455 e. The average Bonchev–Trinajstić information content (AvgIpc) is 3.08. The highest BCUT2D eigenvalue weighted by Gasteiger charge is 2.16. The molecule has 0 atom stereocenters. The summed E-state index contributed by atoms with van der Waals surface area (Å²) in [7, 11) is 0. The monoisotopic (exact) mass is 316 g/mol. The lowest BCUT2D eigenvalue weighted by Gasteiger charge is -2.04. The van der Waals surface area contributed by atoms with Gasteiger partial charge in [0.05, 0.1) is 4.88 Å². The average molecular weight is 316 g/mol. The molecule has 0 aliphatic heterocycles. The summed E-state index contributed by atoms with van der Waals surface area (Å²) in [6.07, 6.45) is 0.652. The first-order valence-corrected chi connectivity index (χ1v) is 7.85. The number of Topliss-reactive ketones (excluding diaryl/α,β-unsaturated/α-hetero) is 2. The molecule has 2 aromatic rings. The van der Waals surface area contributed by atoms with E-state index in [2.05, 4.69) is 0 Å². The number of hydrogen-bond donors (Lipinski definition) is 0. The van der Waals surface area contributed by atoms with Gasteiger partial charge in [0.2, 0.25) is 5.78 Å². The van der Waals surface area contributed by atoms with Crippen LogP contribution in [0.25, 0.3) is 0 Å². The molecule has 0 saturated carbocycles. The third kappa shape index (κ3) is 4.93. The van der Waals surface area contributed by atoms with E-state index in [1.54, 1.807) is 6.07 Å². The predicted octanol–water partition coefficient (Wildman–Crippen LogP) is 3.41. The van der Waals surface area contributed by atoms with Crippen molar-refractivity contribution in [2.24, 2.45) is 0 Å². The summed E-state index contributed by atoms with van der Waals surface area (Å²) < 4.78 is 4.95. The van der Waals surface area contributed by atoms with Crippen molar-refractivity contribution in [3.8, 4) is 0 Å². The van der Waals surface area contributed by atoms with Gasteiger partial charge in [0.15, 0.2) is 5.78 Å². The van der Waals surface area contributed by atoms with Gasteiger partial charge in [-0.3, -0.25) is 9.59 Å².